The molecule has 1 aliphatic rings. The van der Waals surface area contributed by atoms with Gasteiger partial charge >= 0.3 is 0 Å². The van der Waals surface area contributed by atoms with Crippen molar-refractivity contribution in [3.8, 4) is 0 Å². The van der Waals surface area contributed by atoms with Crippen LogP contribution in [0.4, 0.5) is 10.1 Å². The molecule has 0 aromatic heterocycles. The lowest BCUT2D eigenvalue weighted by Gasteiger charge is -2.28. The first-order valence-corrected chi connectivity index (χ1v) is 7.85. The Hall–Kier alpha value is -0.570. The minimum Gasteiger partial charge on any atom is -0.366 e. The Bertz CT molecular complexity index is 401. The van der Waals surface area contributed by atoms with Crippen LogP contribution in [0.1, 0.15) is 38.7 Å². The summed E-state index contributed by atoms with van der Waals surface area (Å²) in [5.41, 5.74) is 1.88. The molecule has 0 atom stereocenters. The highest BCUT2D eigenvalue weighted by atomic mass is 79.9. The van der Waals surface area contributed by atoms with E-state index in [0.29, 0.717) is 17.3 Å². The number of hydrogen-bond donors (Lipinski definition) is 0. The summed E-state index contributed by atoms with van der Waals surface area (Å²) in [6.07, 6.45) is 3.52. The van der Waals surface area contributed by atoms with Crippen LogP contribution in [0.2, 0.25) is 0 Å². The van der Waals surface area contributed by atoms with Crippen LogP contribution in [-0.2, 0) is 5.33 Å². The summed E-state index contributed by atoms with van der Waals surface area (Å²) >= 11 is 3.47. The molecular weight excluding hydrogens is 293 g/mol. The third kappa shape index (κ3) is 3.25. The summed E-state index contributed by atoms with van der Waals surface area (Å²) < 4.78 is 14.1. The summed E-state index contributed by atoms with van der Waals surface area (Å²) in [6, 6.07) is 5.94. The lowest BCUT2D eigenvalue weighted by atomic mass is 10.1. The Morgan fingerprint density at radius 3 is 2.67 bits per heavy atom. The summed E-state index contributed by atoms with van der Waals surface area (Å²) in [6.45, 7) is 5.40. The normalized spacial score (nSPS) is 15.2. The van der Waals surface area contributed by atoms with E-state index in [0.717, 1.165) is 24.2 Å². The molecule has 0 aliphatic heterocycles. The van der Waals surface area contributed by atoms with E-state index in [2.05, 4.69) is 34.7 Å². The van der Waals surface area contributed by atoms with Gasteiger partial charge in [-0.25, -0.2) is 4.39 Å². The van der Waals surface area contributed by atoms with Gasteiger partial charge in [-0.2, -0.15) is 0 Å². The number of halogens is 2. The highest BCUT2D eigenvalue weighted by molar-refractivity contribution is 9.08. The molecule has 0 unspecified atom stereocenters. The van der Waals surface area contributed by atoms with Crippen molar-refractivity contribution < 1.29 is 4.39 Å². The molecule has 0 spiro atoms. The fourth-order valence-electron chi connectivity index (χ4n) is 2.25. The standard InChI is InChI=1S/C15H21BrFN/c1-11(2)8-9-18(13-6-7-13)15-12(10-16)4-3-5-14(15)17/h3-5,11,13H,6-10H2,1-2H3. The number of benzene rings is 1. The van der Waals surface area contributed by atoms with Gasteiger partial charge in [0.25, 0.3) is 0 Å². The molecule has 0 amide bonds. The lowest BCUT2D eigenvalue weighted by molar-refractivity contribution is 0.558. The molecule has 0 N–H and O–H groups in total. The van der Waals surface area contributed by atoms with Gasteiger partial charge in [0.15, 0.2) is 0 Å². The summed E-state index contributed by atoms with van der Waals surface area (Å²) in [5.74, 6) is 0.577. The predicted molar refractivity (Wildman–Crippen MR) is 78.9 cm³/mol. The third-order valence-electron chi connectivity index (χ3n) is 3.44. The minimum atomic E-state index is -0.0809. The Morgan fingerprint density at radius 1 is 1.39 bits per heavy atom. The first kappa shape index (κ1) is 13.9. The summed E-state index contributed by atoms with van der Waals surface area (Å²) in [4.78, 5) is 2.28. The summed E-state index contributed by atoms with van der Waals surface area (Å²) in [7, 11) is 0. The molecule has 3 heteroatoms. The Labute approximate surface area is 118 Å². The molecule has 0 saturated heterocycles. The van der Waals surface area contributed by atoms with Gasteiger partial charge in [-0.1, -0.05) is 41.9 Å². The number of rotatable bonds is 6. The van der Waals surface area contributed by atoms with Crippen molar-refractivity contribution in [2.45, 2.75) is 44.5 Å². The first-order chi connectivity index (χ1) is 8.63. The molecule has 18 heavy (non-hydrogen) atoms. The van der Waals surface area contributed by atoms with Gasteiger partial charge in [-0.3, -0.25) is 0 Å². The topological polar surface area (TPSA) is 3.24 Å². The maximum atomic E-state index is 14.1. The van der Waals surface area contributed by atoms with Gasteiger partial charge < -0.3 is 4.90 Å². The quantitative estimate of drug-likeness (QED) is 0.686. The van der Waals surface area contributed by atoms with E-state index in [1.807, 2.05) is 6.07 Å². The second-order valence-electron chi connectivity index (χ2n) is 5.49. The van der Waals surface area contributed by atoms with Crippen molar-refractivity contribution in [1.82, 2.24) is 0 Å². The van der Waals surface area contributed by atoms with Crippen molar-refractivity contribution in [3.63, 3.8) is 0 Å². The highest BCUT2D eigenvalue weighted by Gasteiger charge is 2.31. The molecule has 1 fully saturated rings. The number of para-hydroxylation sites is 1. The Balaban J connectivity index is 2.24. The van der Waals surface area contributed by atoms with Crippen LogP contribution >= 0.6 is 15.9 Å². The SMILES string of the molecule is CC(C)CCN(c1c(F)cccc1CBr)C1CC1. The Kier molecular flexibility index (Phi) is 4.66. The second-order valence-corrected chi connectivity index (χ2v) is 6.05. The third-order valence-corrected chi connectivity index (χ3v) is 4.04. The zero-order valence-corrected chi connectivity index (χ0v) is 12.7. The molecule has 1 nitrogen and oxygen atoms in total. The van der Waals surface area contributed by atoms with E-state index >= 15 is 0 Å². The van der Waals surface area contributed by atoms with E-state index in [9.17, 15) is 4.39 Å². The van der Waals surface area contributed by atoms with E-state index in [1.165, 1.54) is 12.8 Å². The van der Waals surface area contributed by atoms with Crippen molar-refractivity contribution >= 4 is 21.6 Å². The van der Waals surface area contributed by atoms with Crippen LogP contribution < -0.4 is 4.90 Å². The van der Waals surface area contributed by atoms with Crippen molar-refractivity contribution in [3.05, 3.63) is 29.6 Å². The maximum Gasteiger partial charge on any atom is 0.146 e. The van der Waals surface area contributed by atoms with Gasteiger partial charge in [-0.15, -0.1) is 0 Å². The second kappa shape index (κ2) is 6.05. The monoisotopic (exact) mass is 313 g/mol. The van der Waals surface area contributed by atoms with E-state index in [4.69, 9.17) is 0 Å². The number of hydrogen-bond acceptors (Lipinski definition) is 1. The van der Waals surface area contributed by atoms with Crippen LogP contribution in [0.3, 0.4) is 0 Å². The van der Waals surface area contributed by atoms with Gasteiger partial charge in [-0.05, 0) is 36.8 Å². The molecule has 1 aromatic rings. The van der Waals surface area contributed by atoms with Gasteiger partial charge in [0, 0.05) is 17.9 Å². The molecule has 0 radical (unpaired) electrons. The van der Waals surface area contributed by atoms with Crippen molar-refractivity contribution in [2.24, 2.45) is 5.92 Å². The molecule has 0 bridgehead atoms. The average Bonchev–Trinajstić information content (AvgIpc) is 3.15. The predicted octanol–water partition coefficient (Wildman–Crippen LogP) is 4.74. The average molecular weight is 314 g/mol. The fraction of sp³-hybridized carbons (Fsp3) is 0.600. The van der Waals surface area contributed by atoms with E-state index in [-0.39, 0.29) is 5.82 Å². The molecule has 1 aliphatic carbocycles. The van der Waals surface area contributed by atoms with Gasteiger partial charge in [0.2, 0.25) is 0 Å². The zero-order chi connectivity index (χ0) is 13.1. The molecule has 100 valence electrons. The van der Waals surface area contributed by atoms with Crippen LogP contribution in [0.5, 0.6) is 0 Å². The minimum absolute atomic E-state index is 0.0809. The van der Waals surface area contributed by atoms with Gasteiger partial charge in [0.05, 0.1) is 5.69 Å². The lowest BCUT2D eigenvalue weighted by Crippen LogP contribution is -2.29. The molecule has 0 heterocycles. The maximum absolute atomic E-state index is 14.1. The largest absolute Gasteiger partial charge is 0.366 e. The van der Waals surface area contributed by atoms with Crippen LogP contribution in [0, 0.1) is 11.7 Å². The van der Waals surface area contributed by atoms with Crippen LogP contribution in [0.15, 0.2) is 18.2 Å². The molecule has 1 saturated carbocycles. The molecular formula is C15H21BrFN. The summed E-state index contributed by atoms with van der Waals surface area (Å²) in [5, 5.41) is 0.713. The number of anilines is 1. The number of alkyl halides is 1. The van der Waals surface area contributed by atoms with Crippen molar-refractivity contribution in [1.29, 1.82) is 0 Å². The Morgan fingerprint density at radius 2 is 2.11 bits per heavy atom. The highest BCUT2D eigenvalue weighted by Crippen LogP contribution is 2.36. The first-order valence-electron chi connectivity index (χ1n) is 6.73. The van der Waals surface area contributed by atoms with Crippen molar-refractivity contribution in [2.75, 3.05) is 11.4 Å². The zero-order valence-electron chi connectivity index (χ0n) is 11.1. The molecule has 2 rings (SSSR count). The fourth-order valence-corrected chi connectivity index (χ4v) is 2.70. The van der Waals surface area contributed by atoms with E-state index < -0.39 is 0 Å². The smallest absolute Gasteiger partial charge is 0.146 e. The van der Waals surface area contributed by atoms with Gasteiger partial charge in [0.1, 0.15) is 5.82 Å². The van der Waals surface area contributed by atoms with Crippen LogP contribution in [-0.4, -0.2) is 12.6 Å². The van der Waals surface area contributed by atoms with Crippen LogP contribution in [0.25, 0.3) is 0 Å². The number of nitrogens with zero attached hydrogens (tertiary/aromatic N) is 1. The van der Waals surface area contributed by atoms with E-state index in [1.54, 1.807) is 12.1 Å². The molecule has 1 aromatic carbocycles.